The Bertz CT molecular complexity index is 887. The third-order valence-corrected chi connectivity index (χ3v) is 5.03. The monoisotopic (exact) mass is 488 g/mol. The summed E-state index contributed by atoms with van der Waals surface area (Å²) in [6, 6.07) is 0. The normalized spacial score (nSPS) is 29.1. The molecule has 1 amide bonds. The minimum absolute atomic E-state index is 0.254. The molecule has 2 aromatic heterocycles. The highest BCUT2D eigenvalue weighted by atomic mass is 127. The third-order valence-electron chi connectivity index (χ3n) is 4.55. The van der Waals surface area contributed by atoms with Gasteiger partial charge in [0.2, 0.25) is 0 Å². The Labute approximate surface area is 169 Å². The summed E-state index contributed by atoms with van der Waals surface area (Å²) in [6.07, 6.45) is -0.715. The van der Waals surface area contributed by atoms with Crippen molar-refractivity contribution in [1.29, 1.82) is 0 Å². The Morgan fingerprint density at radius 1 is 1.33 bits per heavy atom. The van der Waals surface area contributed by atoms with Crippen LogP contribution in [0.25, 0.3) is 11.2 Å². The van der Waals surface area contributed by atoms with E-state index in [0.29, 0.717) is 27.4 Å². The molecule has 4 heterocycles. The van der Waals surface area contributed by atoms with Crippen molar-refractivity contribution in [2.24, 2.45) is 0 Å². The molecule has 0 spiro atoms. The molecule has 0 aromatic carbocycles. The average Bonchev–Trinajstić information content (AvgIpc) is 3.25. The van der Waals surface area contributed by atoms with Crippen LogP contribution in [0.3, 0.4) is 0 Å². The van der Waals surface area contributed by atoms with E-state index in [-0.39, 0.29) is 5.91 Å². The van der Waals surface area contributed by atoms with Crippen LogP contribution in [0, 0.1) is 3.83 Å². The number of hydrogen-bond acceptors (Lipinski definition) is 8. The number of fused-ring (bicyclic) bond motifs is 2. The zero-order valence-electron chi connectivity index (χ0n) is 15.4. The van der Waals surface area contributed by atoms with E-state index < -0.39 is 30.3 Å². The second-order valence-electron chi connectivity index (χ2n) is 6.82. The number of halogens is 1. The highest BCUT2D eigenvalue weighted by Crippen LogP contribution is 2.44. The fourth-order valence-corrected chi connectivity index (χ4v) is 3.99. The van der Waals surface area contributed by atoms with Crippen molar-refractivity contribution in [2.75, 3.05) is 18.9 Å². The molecule has 0 saturated carbocycles. The second kappa shape index (κ2) is 6.79. The molecule has 2 aliphatic heterocycles. The summed E-state index contributed by atoms with van der Waals surface area (Å²) in [5.74, 6) is -0.402. The first-order valence-electron chi connectivity index (χ1n) is 8.71. The number of amides is 1. The third kappa shape index (κ3) is 3.15. The molecule has 0 bridgehead atoms. The van der Waals surface area contributed by atoms with Crippen molar-refractivity contribution < 1.29 is 19.0 Å². The van der Waals surface area contributed by atoms with Crippen LogP contribution in [0.5, 0.6) is 0 Å². The summed E-state index contributed by atoms with van der Waals surface area (Å²) >= 11 is 2.06. The topological polar surface area (TPSA) is 112 Å². The predicted molar refractivity (Wildman–Crippen MR) is 104 cm³/mol. The lowest BCUT2D eigenvalue weighted by atomic mass is 10.1. The van der Waals surface area contributed by atoms with Gasteiger partial charge in [-0.15, -0.1) is 0 Å². The summed E-state index contributed by atoms with van der Waals surface area (Å²) in [6.45, 7) is 6.35. The molecule has 11 heteroatoms. The Morgan fingerprint density at radius 3 is 2.78 bits per heavy atom. The number of nitrogens with zero attached hydrogens (tertiary/aromatic N) is 4. The number of nitrogens with one attached hydrogen (secondary N) is 2. The minimum atomic E-state index is -0.807. The van der Waals surface area contributed by atoms with Gasteiger partial charge in [-0.05, 0) is 20.8 Å². The highest BCUT2D eigenvalue weighted by molar-refractivity contribution is 14.1. The second-order valence-corrected chi connectivity index (χ2v) is 7.79. The van der Waals surface area contributed by atoms with Crippen molar-refractivity contribution in [2.45, 2.75) is 51.1 Å². The lowest BCUT2D eigenvalue weighted by molar-refractivity contribution is -0.197. The van der Waals surface area contributed by atoms with E-state index in [4.69, 9.17) is 14.2 Å². The molecule has 4 rings (SSSR count). The Hall–Kier alpha value is -1.57. The summed E-state index contributed by atoms with van der Waals surface area (Å²) in [5.41, 5.74) is 1.25. The van der Waals surface area contributed by atoms with Gasteiger partial charge in [-0.2, -0.15) is 0 Å². The van der Waals surface area contributed by atoms with Gasteiger partial charge in [0.15, 0.2) is 38.9 Å². The van der Waals surface area contributed by atoms with E-state index in [1.165, 1.54) is 0 Å². The van der Waals surface area contributed by atoms with Gasteiger partial charge in [-0.25, -0.2) is 15.0 Å². The SMILES string of the molecule is CCNc1nc(I)nc2c1ncn2[C@@H]1O[C@H](C(=O)NC)[C@H]2OC(C)(C)O[C@H]21. The van der Waals surface area contributed by atoms with Crippen LogP contribution in [0.1, 0.15) is 27.0 Å². The number of hydrogen-bond donors (Lipinski definition) is 2. The zero-order valence-corrected chi connectivity index (χ0v) is 17.6. The number of rotatable bonds is 4. The van der Waals surface area contributed by atoms with Gasteiger partial charge in [0.1, 0.15) is 12.2 Å². The van der Waals surface area contributed by atoms with Crippen LogP contribution in [0.4, 0.5) is 5.82 Å². The Kier molecular flexibility index (Phi) is 4.72. The van der Waals surface area contributed by atoms with Crippen molar-refractivity contribution >= 4 is 45.5 Å². The van der Waals surface area contributed by atoms with Gasteiger partial charge in [0, 0.05) is 36.2 Å². The van der Waals surface area contributed by atoms with Crippen LogP contribution >= 0.6 is 22.6 Å². The molecular weight excluding hydrogens is 467 g/mol. The average molecular weight is 488 g/mol. The standard InChI is InChI=1S/C16H21IN6O4/c1-5-19-11-7-12(22-15(17)21-11)23(6-20-7)14-10-8(26-16(2,3)27-10)9(25-14)13(24)18-4/h6,8-10,14H,5H2,1-4H3,(H,18,24)(H,19,21,22)/t8-,9+,10-,14-/m1/s1. The van der Waals surface area contributed by atoms with Crippen LogP contribution in [0.2, 0.25) is 0 Å². The summed E-state index contributed by atoms with van der Waals surface area (Å²) in [5, 5.41) is 5.82. The van der Waals surface area contributed by atoms with Gasteiger partial charge in [-0.1, -0.05) is 0 Å². The fraction of sp³-hybridized carbons (Fsp3) is 0.625. The van der Waals surface area contributed by atoms with Gasteiger partial charge < -0.3 is 24.8 Å². The largest absolute Gasteiger partial charge is 0.368 e. The number of carbonyl (C=O) groups excluding carboxylic acids is 1. The number of aromatic nitrogens is 4. The first-order valence-corrected chi connectivity index (χ1v) is 9.79. The number of carbonyl (C=O) groups is 1. The van der Waals surface area contributed by atoms with Crippen molar-refractivity contribution in [1.82, 2.24) is 24.8 Å². The minimum Gasteiger partial charge on any atom is -0.368 e. The van der Waals surface area contributed by atoms with E-state index >= 15 is 0 Å². The molecule has 27 heavy (non-hydrogen) atoms. The predicted octanol–water partition coefficient (Wildman–Crippen LogP) is 1.03. The number of imidazole rings is 1. The van der Waals surface area contributed by atoms with E-state index in [1.807, 2.05) is 20.8 Å². The molecule has 2 N–H and O–H groups in total. The molecule has 2 aromatic rings. The number of ether oxygens (including phenoxy) is 3. The van der Waals surface area contributed by atoms with E-state index in [1.54, 1.807) is 17.9 Å². The maximum absolute atomic E-state index is 12.3. The van der Waals surface area contributed by atoms with E-state index in [0.717, 1.165) is 0 Å². The molecule has 0 radical (unpaired) electrons. The molecule has 10 nitrogen and oxygen atoms in total. The van der Waals surface area contributed by atoms with E-state index in [9.17, 15) is 4.79 Å². The maximum Gasteiger partial charge on any atom is 0.251 e. The van der Waals surface area contributed by atoms with E-state index in [2.05, 4.69) is 48.2 Å². The fourth-order valence-electron chi connectivity index (χ4n) is 3.52. The quantitative estimate of drug-likeness (QED) is 0.485. The molecule has 4 atom stereocenters. The summed E-state index contributed by atoms with van der Waals surface area (Å²) in [4.78, 5) is 25.7. The smallest absolute Gasteiger partial charge is 0.251 e. The van der Waals surface area contributed by atoms with Crippen LogP contribution in [-0.4, -0.2) is 63.1 Å². The van der Waals surface area contributed by atoms with Crippen LogP contribution in [-0.2, 0) is 19.0 Å². The molecule has 0 aliphatic carbocycles. The zero-order chi connectivity index (χ0) is 19.3. The Balaban J connectivity index is 1.77. The number of anilines is 1. The van der Waals surface area contributed by atoms with Crippen LogP contribution in [0.15, 0.2) is 6.33 Å². The first kappa shape index (κ1) is 18.8. The van der Waals surface area contributed by atoms with Gasteiger partial charge in [-0.3, -0.25) is 9.36 Å². The first-order chi connectivity index (χ1) is 12.8. The van der Waals surface area contributed by atoms with Crippen molar-refractivity contribution in [3.8, 4) is 0 Å². The lowest BCUT2D eigenvalue weighted by Gasteiger charge is -2.24. The van der Waals surface area contributed by atoms with Gasteiger partial charge in [0.05, 0.1) is 6.33 Å². The van der Waals surface area contributed by atoms with Crippen LogP contribution < -0.4 is 10.6 Å². The number of likely N-dealkylation sites (N-methyl/N-ethyl adjacent to an activating group) is 1. The maximum atomic E-state index is 12.3. The van der Waals surface area contributed by atoms with Gasteiger partial charge >= 0.3 is 0 Å². The van der Waals surface area contributed by atoms with Crippen molar-refractivity contribution in [3.63, 3.8) is 0 Å². The summed E-state index contributed by atoms with van der Waals surface area (Å²) < 4.78 is 20.4. The summed E-state index contributed by atoms with van der Waals surface area (Å²) in [7, 11) is 1.57. The molecule has 0 unspecified atom stereocenters. The molecule has 2 fully saturated rings. The van der Waals surface area contributed by atoms with Gasteiger partial charge in [0.25, 0.3) is 5.91 Å². The molecule has 146 valence electrons. The lowest BCUT2D eigenvalue weighted by Crippen LogP contribution is -2.41. The molecule has 2 aliphatic rings. The highest BCUT2D eigenvalue weighted by Gasteiger charge is 2.58. The van der Waals surface area contributed by atoms with Crippen molar-refractivity contribution in [3.05, 3.63) is 10.2 Å². The molecular formula is C16H21IN6O4. The molecule has 2 saturated heterocycles. The Morgan fingerprint density at radius 2 is 2.07 bits per heavy atom.